The molecular formula is C18H23FN4O2. The second kappa shape index (κ2) is 7.65. The van der Waals surface area contributed by atoms with Crippen LogP contribution in [0.2, 0.25) is 0 Å². The van der Waals surface area contributed by atoms with E-state index in [2.05, 4.69) is 9.88 Å². The topological polar surface area (TPSA) is 50.6 Å². The van der Waals surface area contributed by atoms with Gasteiger partial charge >= 0.3 is 0 Å². The molecule has 0 saturated carbocycles. The predicted octanol–water partition coefficient (Wildman–Crippen LogP) is 1.92. The summed E-state index contributed by atoms with van der Waals surface area (Å²) in [6.45, 7) is 3.60. The van der Waals surface area contributed by atoms with Gasteiger partial charge in [-0.15, -0.1) is 0 Å². The molecule has 0 N–H and O–H groups in total. The molecule has 25 heavy (non-hydrogen) atoms. The molecule has 2 heterocycles. The highest BCUT2D eigenvalue weighted by Crippen LogP contribution is 2.23. The minimum Gasteiger partial charge on any atom is -0.496 e. The van der Waals surface area contributed by atoms with Crippen LogP contribution in [0.3, 0.4) is 0 Å². The van der Waals surface area contributed by atoms with Gasteiger partial charge in [0.1, 0.15) is 17.1 Å². The molecule has 1 fully saturated rings. The Bertz CT molecular complexity index is 746. The molecule has 134 valence electrons. The summed E-state index contributed by atoms with van der Waals surface area (Å²) >= 11 is 0. The highest BCUT2D eigenvalue weighted by atomic mass is 19.1. The Balaban J connectivity index is 1.69. The lowest BCUT2D eigenvalue weighted by Crippen LogP contribution is -2.35. The Morgan fingerprint density at radius 1 is 1.28 bits per heavy atom. The van der Waals surface area contributed by atoms with E-state index in [4.69, 9.17) is 4.74 Å². The Kier molecular flexibility index (Phi) is 5.33. The third-order valence-corrected chi connectivity index (χ3v) is 4.59. The van der Waals surface area contributed by atoms with E-state index in [1.54, 1.807) is 23.4 Å². The van der Waals surface area contributed by atoms with Crippen molar-refractivity contribution in [1.29, 1.82) is 0 Å². The third-order valence-electron chi connectivity index (χ3n) is 4.59. The number of hydrogen-bond donors (Lipinski definition) is 0. The van der Waals surface area contributed by atoms with Crippen molar-refractivity contribution in [2.24, 2.45) is 7.05 Å². The predicted molar refractivity (Wildman–Crippen MR) is 92.0 cm³/mol. The van der Waals surface area contributed by atoms with Crippen molar-refractivity contribution in [3.63, 3.8) is 0 Å². The van der Waals surface area contributed by atoms with Crippen molar-refractivity contribution in [3.8, 4) is 5.75 Å². The van der Waals surface area contributed by atoms with E-state index < -0.39 is 5.82 Å². The normalized spacial score (nSPS) is 15.9. The third kappa shape index (κ3) is 3.82. The summed E-state index contributed by atoms with van der Waals surface area (Å²) in [5.74, 6) is -0.571. The lowest BCUT2D eigenvalue weighted by Gasteiger charge is -2.23. The molecule has 1 aliphatic heterocycles. The fourth-order valence-corrected chi connectivity index (χ4v) is 3.14. The van der Waals surface area contributed by atoms with Crippen LogP contribution in [-0.4, -0.2) is 58.5 Å². The van der Waals surface area contributed by atoms with Gasteiger partial charge in [0, 0.05) is 46.0 Å². The van der Waals surface area contributed by atoms with E-state index in [0.29, 0.717) is 13.1 Å². The van der Waals surface area contributed by atoms with Crippen molar-refractivity contribution in [2.45, 2.75) is 13.0 Å². The van der Waals surface area contributed by atoms with E-state index in [-0.39, 0.29) is 17.2 Å². The van der Waals surface area contributed by atoms with Gasteiger partial charge in [-0.3, -0.25) is 9.69 Å². The molecule has 1 aromatic heterocycles. The summed E-state index contributed by atoms with van der Waals surface area (Å²) in [7, 11) is 3.42. The lowest BCUT2D eigenvalue weighted by molar-refractivity contribution is 0.0752. The minimum absolute atomic E-state index is 0.0186. The number of halogens is 1. The molecule has 0 atom stereocenters. The van der Waals surface area contributed by atoms with E-state index in [0.717, 1.165) is 31.7 Å². The van der Waals surface area contributed by atoms with E-state index >= 15 is 0 Å². The second-order valence-electron chi connectivity index (χ2n) is 6.23. The Labute approximate surface area is 146 Å². The van der Waals surface area contributed by atoms with Gasteiger partial charge in [-0.05, 0) is 18.6 Å². The van der Waals surface area contributed by atoms with Crippen molar-refractivity contribution in [3.05, 3.63) is 47.8 Å². The first-order valence-corrected chi connectivity index (χ1v) is 8.39. The molecule has 1 aromatic carbocycles. The van der Waals surface area contributed by atoms with Crippen molar-refractivity contribution in [2.75, 3.05) is 33.3 Å². The Morgan fingerprint density at radius 2 is 2.12 bits per heavy atom. The molecule has 1 aliphatic rings. The molecule has 1 amide bonds. The van der Waals surface area contributed by atoms with Gasteiger partial charge in [0.05, 0.1) is 19.1 Å². The molecule has 0 unspecified atom stereocenters. The molecule has 0 aliphatic carbocycles. The lowest BCUT2D eigenvalue weighted by atomic mass is 10.1. The van der Waals surface area contributed by atoms with Crippen LogP contribution < -0.4 is 4.74 Å². The van der Waals surface area contributed by atoms with Gasteiger partial charge in [-0.2, -0.15) is 0 Å². The first-order chi connectivity index (χ1) is 12.1. The number of aromatic nitrogens is 2. The summed E-state index contributed by atoms with van der Waals surface area (Å²) in [5.41, 5.74) is 1.15. The zero-order valence-electron chi connectivity index (χ0n) is 14.6. The molecule has 6 nitrogen and oxygen atoms in total. The van der Waals surface area contributed by atoms with E-state index in [9.17, 15) is 9.18 Å². The summed E-state index contributed by atoms with van der Waals surface area (Å²) in [5, 5.41) is 0. The van der Waals surface area contributed by atoms with Gasteiger partial charge in [-0.1, -0.05) is 6.07 Å². The molecule has 1 saturated heterocycles. The zero-order valence-corrected chi connectivity index (χ0v) is 14.6. The smallest absolute Gasteiger partial charge is 0.260 e. The van der Waals surface area contributed by atoms with Crippen LogP contribution in [0, 0.1) is 5.82 Å². The molecule has 2 aromatic rings. The van der Waals surface area contributed by atoms with Crippen LogP contribution >= 0.6 is 0 Å². The van der Waals surface area contributed by atoms with Crippen LogP contribution in [-0.2, 0) is 13.6 Å². The first-order valence-electron chi connectivity index (χ1n) is 8.39. The number of hydrogen-bond acceptors (Lipinski definition) is 4. The summed E-state index contributed by atoms with van der Waals surface area (Å²) in [6, 6.07) is 4.45. The highest BCUT2D eigenvalue weighted by molar-refractivity contribution is 5.97. The number of amides is 1. The summed E-state index contributed by atoms with van der Waals surface area (Å²) in [4.78, 5) is 20.9. The number of imidazole rings is 1. The van der Waals surface area contributed by atoms with E-state index in [1.807, 2.05) is 17.8 Å². The maximum Gasteiger partial charge on any atom is 0.260 e. The largest absolute Gasteiger partial charge is 0.496 e. The van der Waals surface area contributed by atoms with E-state index in [1.165, 1.54) is 13.2 Å². The first kappa shape index (κ1) is 17.4. The number of ether oxygens (including phenoxy) is 1. The quantitative estimate of drug-likeness (QED) is 0.849. The number of nitrogens with zero attached hydrogens (tertiary/aromatic N) is 4. The molecular weight excluding hydrogens is 323 g/mol. The Morgan fingerprint density at radius 3 is 2.84 bits per heavy atom. The maximum atomic E-state index is 14.2. The highest BCUT2D eigenvalue weighted by Gasteiger charge is 2.25. The monoisotopic (exact) mass is 346 g/mol. The zero-order chi connectivity index (χ0) is 17.8. The molecule has 0 spiro atoms. The van der Waals surface area contributed by atoms with Gasteiger partial charge in [0.25, 0.3) is 5.91 Å². The minimum atomic E-state index is -0.541. The standard InChI is InChI=1S/C18H23FN4O2/c1-21-13-20-11-14(21)12-22-7-4-8-23(10-9-22)18(24)17-15(19)5-3-6-16(17)25-2/h3,5-6,11,13H,4,7-10,12H2,1-2H3. The number of methoxy groups -OCH3 is 1. The SMILES string of the molecule is COc1cccc(F)c1C(=O)N1CCCN(Cc2cncn2C)CC1. The van der Waals surface area contributed by atoms with Gasteiger partial charge in [-0.25, -0.2) is 9.37 Å². The molecule has 7 heteroatoms. The van der Waals surface area contributed by atoms with Gasteiger partial charge in [0.15, 0.2) is 0 Å². The van der Waals surface area contributed by atoms with Crippen molar-refractivity contribution in [1.82, 2.24) is 19.4 Å². The number of carbonyl (C=O) groups is 1. The second-order valence-corrected chi connectivity index (χ2v) is 6.23. The summed E-state index contributed by atoms with van der Waals surface area (Å²) in [6.07, 6.45) is 4.49. The average Bonchev–Trinajstić information content (AvgIpc) is 2.87. The number of benzene rings is 1. The number of aryl methyl sites for hydroxylation is 1. The van der Waals surface area contributed by atoms with Crippen LogP contribution in [0.1, 0.15) is 22.5 Å². The molecule has 0 radical (unpaired) electrons. The molecule has 0 bridgehead atoms. The van der Waals surface area contributed by atoms with Crippen LogP contribution in [0.25, 0.3) is 0 Å². The van der Waals surface area contributed by atoms with Gasteiger partial charge < -0.3 is 14.2 Å². The fraction of sp³-hybridized carbons (Fsp3) is 0.444. The average molecular weight is 346 g/mol. The summed E-state index contributed by atoms with van der Waals surface area (Å²) < 4.78 is 21.3. The Hall–Kier alpha value is -2.41. The van der Waals surface area contributed by atoms with Crippen molar-refractivity contribution >= 4 is 5.91 Å². The van der Waals surface area contributed by atoms with Crippen molar-refractivity contribution < 1.29 is 13.9 Å². The maximum absolute atomic E-state index is 14.2. The van der Waals surface area contributed by atoms with Crippen LogP contribution in [0.4, 0.5) is 4.39 Å². The number of carbonyl (C=O) groups excluding carboxylic acids is 1. The number of rotatable bonds is 4. The van der Waals surface area contributed by atoms with Crippen LogP contribution in [0.5, 0.6) is 5.75 Å². The van der Waals surface area contributed by atoms with Gasteiger partial charge in [0.2, 0.25) is 0 Å². The van der Waals surface area contributed by atoms with Crippen LogP contribution in [0.15, 0.2) is 30.7 Å². The molecule has 3 rings (SSSR count). The fourth-order valence-electron chi connectivity index (χ4n) is 3.14.